The van der Waals surface area contributed by atoms with Crippen molar-refractivity contribution in [1.82, 2.24) is 9.44 Å². The van der Waals surface area contributed by atoms with E-state index in [0.29, 0.717) is 5.56 Å². The molecule has 9 heteroatoms. The van der Waals surface area contributed by atoms with Gasteiger partial charge in [-0.25, -0.2) is 26.3 Å². The summed E-state index contributed by atoms with van der Waals surface area (Å²) in [7, 11) is -5.94. The standard InChI is InChI=1S/C11H15N3O4S2/c1-13-19(15,16)9-8-14-20(17,18)11-4-2-10(3-5-11)6-7-12/h2-5,13-14H,6,8-9H2,1H3. The molecule has 110 valence electrons. The zero-order valence-corrected chi connectivity index (χ0v) is 12.5. The quantitative estimate of drug-likeness (QED) is 0.708. The number of nitriles is 1. The van der Waals surface area contributed by atoms with Gasteiger partial charge in [0, 0.05) is 6.54 Å². The van der Waals surface area contributed by atoms with Crippen molar-refractivity contribution in [3.05, 3.63) is 29.8 Å². The monoisotopic (exact) mass is 317 g/mol. The first-order valence-corrected chi connectivity index (χ1v) is 8.81. The number of sulfonamides is 2. The van der Waals surface area contributed by atoms with Crippen molar-refractivity contribution in [1.29, 1.82) is 5.26 Å². The Morgan fingerprint density at radius 1 is 1.15 bits per heavy atom. The maximum absolute atomic E-state index is 11.9. The van der Waals surface area contributed by atoms with Crippen LogP contribution in [0.15, 0.2) is 29.2 Å². The lowest BCUT2D eigenvalue weighted by molar-refractivity contribution is 0.578. The average molecular weight is 317 g/mol. The fourth-order valence-electron chi connectivity index (χ4n) is 1.37. The highest BCUT2D eigenvalue weighted by atomic mass is 32.2. The molecule has 0 fully saturated rings. The molecular weight excluding hydrogens is 302 g/mol. The van der Waals surface area contributed by atoms with Gasteiger partial charge in [0.1, 0.15) is 0 Å². The van der Waals surface area contributed by atoms with Crippen LogP contribution in [0.3, 0.4) is 0 Å². The molecule has 0 atom stereocenters. The first kappa shape index (κ1) is 16.6. The highest BCUT2D eigenvalue weighted by molar-refractivity contribution is 7.90. The molecule has 1 aromatic carbocycles. The van der Waals surface area contributed by atoms with Crippen LogP contribution in [0.1, 0.15) is 5.56 Å². The highest BCUT2D eigenvalue weighted by Gasteiger charge is 2.15. The van der Waals surface area contributed by atoms with Crippen LogP contribution in [0.5, 0.6) is 0 Å². The van der Waals surface area contributed by atoms with Gasteiger partial charge in [-0.2, -0.15) is 5.26 Å². The van der Waals surface area contributed by atoms with Crippen LogP contribution in [-0.4, -0.2) is 36.2 Å². The van der Waals surface area contributed by atoms with E-state index in [9.17, 15) is 16.8 Å². The maximum Gasteiger partial charge on any atom is 0.240 e. The maximum atomic E-state index is 11.9. The van der Waals surface area contributed by atoms with E-state index in [4.69, 9.17) is 5.26 Å². The molecule has 1 rings (SSSR count). The van der Waals surface area contributed by atoms with Crippen molar-refractivity contribution >= 4 is 20.0 Å². The van der Waals surface area contributed by atoms with Gasteiger partial charge in [0.05, 0.1) is 23.1 Å². The summed E-state index contributed by atoms with van der Waals surface area (Å²) in [5.74, 6) is -0.338. The van der Waals surface area contributed by atoms with Crippen molar-refractivity contribution in [2.75, 3.05) is 19.3 Å². The molecule has 0 aliphatic rings. The van der Waals surface area contributed by atoms with Crippen LogP contribution in [-0.2, 0) is 26.5 Å². The van der Waals surface area contributed by atoms with Crippen LogP contribution in [0.25, 0.3) is 0 Å². The van der Waals surface area contributed by atoms with Crippen molar-refractivity contribution < 1.29 is 16.8 Å². The summed E-state index contributed by atoms with van der Waals surface area (Å²) < 4.78 is 50.4. The minimum atomic E-state index is -3.75. The van der Waals surface area contributed by atoms with E-state index >= 15 is 0 Å². The summed E-state index contributed by atoms with van der Waals surface area (Å²) in [5, 5.41) is 8.52. The Morgan fingerprint density at radius 2 is 1.75 bits per heavy atom. The number of hydrogen-bond donors (Lipinski definition) is 2. The van der Waals surface area contributed by atoms with Gasteiger partial charge in [-0.05, 0) is 24.7 Å². The van der Waals surface area contributed by atoms with E-state index < -0.39 is 20.0 Å². The van der Waals surface area contributed by atoms with Crippen LogP contribution in [0, 0.1) is 11.3 Å². The zero-order valence-electron chi connectivity index (χ0n) is 10.8. The van der Waals surface area contributed by atoms with Crippen molar-refractivity contribution in [3.63, 3.8) is 0 Å². The predicted octanol–water partition coefficient (Wildman–Crippen LogP) is -0.420. The summed E-state index contributed by atoms with van der Waals surface area (Å²) in [5.41, 5.74) is 0.712. The second kappa shape index (κ2) is 6.81. The lowest BCUT2D eigenvalue weighted by atomic mass is 10.2. The van der Waals surface area contributed by atoms with E-state index in [-0.39, 0.29) is 23.6 Å². The fraction of sp³-hybridized carbons (Fsp3) is 0.364. The van der Waals surface area contributed by atoms with Crippen LogP contribution in [0.2, 0.25) is 0 Å². The molecule has 20 heavy (non-hydrogen) atoms. The number of benzene rings is 1. The van der Waals surface area contributed by atoms with E-state index in [1.54, 1.807) is 12.1 Å². The Morgan fingerprint density at radius 3 is 2.25 bits per heavy atom. The second-order valence-corrected chi connectivity index (χ2v) is 7.71. The Kier molecular flexibility index (Phi) is 5.64. The van der Waals surface area contributed by atoms with Gasteiger partial charge >= 0.3 is 0 Å². The summed E-state index contributed by atoms with van der Waals surface area (Å²) in [6, 6.07) is 7.80. The van der Waals surface area contributed by atoms with Crippen molar-refractivity contribution in [2.45, 2.75) is 11.3 Å². The van der Waals surface area contributed by atoms with E-state index in [1.807, 2.05) is 6.07 Å². The van der Waals surface area contributed by atoms with Gasteiger partial charge in [-0.3, -0.25) is 0 Å². The Balaban J connectivity index is 2.72. The van der Waals surface area contributed by atoms with Crippen LogP contribution in [0.4, 0.5) is 0 Å². The Bertz CT molecular complexity index is 688. The van der Waals surface area contributed by atoms with Gasteiger partial charge in [-0.15, -0.1) is 0 Å². The summed E-state index contributed by atoms with van der Waals surface area (Å²) in [4.78, 5) is 0.0287. The lowest BCUT2D eigenvalue weighted by Crippen LogP contribution is -2.32. The molecule has 0 radical (unpaired) electrons. The second-order valence-electron chi connectivity index (χ2n) is 3.90. The summed E-state index contributed by atoms with van der Waals surface area (Å²) >= 11 is 0. The molecule has 0 spiro atoms. The van der Waals surface area contributed by atoms with Gasteiger partial charge < -0.3 is 0 Å². The third kappa shape index (κ3) is 4.90. The third-order valence-electron chi connectivity index (χ3n) is 2.49. The molecule has 0 bridgehead atoms. The van der Waals surface area contributed by atoms with E-state index in [0.717, 1.165) is 0 Å². The van der Waals surface area contributed by atoms with Crippen LogP contribution < -0.4 is 9.44 Å². The molecular formula is C11H15N3O4S2. The Labute approximate surface area is 118 Å². The van der Waals surface area contributed by atoms with Gasteiger partial charge in [0.25, 0.3) is 0 Å². The van der Waals surface area contributed by atoms with Gasteiger partial charge in [0.15, 0.2) is 0 Å². The molecule has 0 saturated carbocycles. The topological polar surface area (TPSA) is 116 Å². The average Bonchev–Trinajstić information content (AvgIpc) is 2.39. The largest absolute Gasteiger partial charge is 0.240 e. The minimum absolute atomic E-state index is 0.0287. The SMILES string of the molecule is CNS(=O)(=O)CCNS(=O)(=O)c1ccc(CC#N)cc1. The van der Waals surface area contributed by atoms with Crippen molar-refractivity contribution in [2.24, 2.45) is 0 Å². The number of nitrogens with one attached hydrogen (secondary N) is 2. The molecule has 1 aromatic rings. The number of rotatable bonds is 7. The molecule has 2 N–H and O–H groups in total. The molecule has 7 nitrogen and oxygen atoms in total. The highest BCUT2D eigenvalue weighted by Crippen LogP contribution is 2.10. The van der Waals surface area contributed by atoms with Gasteiger partial charge in [0.2, 0.25) is 20.0 Å². The molecule has 0 amide bonds. The number of nitrogens with zero attached hydrogens (tertiary/aromatic N) is 1. The summed E-state index contributed by atoms with van der Waals surface area (Å²) in [6.45, 7) is -0.217. The Hall–Kier alpha value is -1.47. The zero-order chi connectivity index (χ0) is 15.2. The summed E-state index contributed by atoms with van der Waals surface area (Å²) in [6.07, 6.45) is 0.203. The first-order chi connectivity index (χ1) is 9.30. The molecule has 0 aliphatic heterocycles. The normalized spacial score (nSPS) is 12.0. The molecule has 0 aromatic heterocycles. The lowest BCUT2D eigenvalue weighted by Gasteiger charge is -2.07. The fourth-order valence-corrected chi connectivity index (χ4v) is 3.11. The molecule has 0 saturated heterocycles. The van der Waals surface area contributed by atoms with E-state index in [1.165, 1.54) is 19.2 Å². The predicted molar refractivity (Wildman–Crippen MR) is 73.8 cm³/mol. The third-order valence-corrected chi connectivity index (χ3v) is 5.33. The molecule has 0 unspecified atom stereocenters. The van der Waals surface area contributed by atoms with Crippen molar-refractivity contribution in [3.8, 4) is 6.07 Å². The minimum Gasteiger partial charge on any atom is -0.218 e. The van der Waals surface area contributed by atoms with E-state index in [2.05, 4.69) is 9.44 Å². The molecule has 0 aliphatic carbocycles. The first-order valence-electron chi connectivity index (χ1n) is 5.67. The van der Waals surface area contributed by atoms with Crippen LogP contribution >= 0.6 is 0 Å². The number of hydrogen-bond acceptors (Lipinski definition) is 5. The van der Waals surface area contributed by atoms with Gasteiger partial charge in [-0.1, -0.05) is 12.1 Å². The molecule has 0 heterocycles. The smallest absolute Gasteiger partial charge is 0.218 e.